The van der Waals surface area contributed by atoms with E-state index in [0.29, 0.717) is 22.3 Å². The van der Waals surface area contributed by atoms with Crippen molar-refractivity contribution in [2.75, 3.05) is 0 Å². The lowest BCUT2D eigenvalue weighted by molar-refractivity contribution is 0.0986. The predicted octanol–water partition coefficient (Wildman–Crippen LogP) is 4.66. The molecule has 1 N–H and O–H groups in total. The van der Waals surface area contributed by atoms with Gasteiger partial charge in [-0.3, -0.25) is 14.4 Å². The third-order valence-electron chi connectivity index (χ3n) is 4.86. The van der Waals surface area contributed by atoms with Crippen molar-refractivity contribution in [3.8, 4) is 0 Å². The molecule has 2 aliphatic carbocycles. The molecule has 2 aliphatic rings. The first-order chi connectivity index (χ1) is 13.5. The number of fused-ring (bicyclic) bond motifs is 2. The maximum absolute atomic E-state index is 12.4. The molecule has 4 heteroatoms. The van der Waals surface area contributed by atoms with Crippen LogP contribution in [-0.4, -0.2) is 22.5 Å². The SMILES string of the molecule is CC(C=CC1=C(O)c2ccccc2C1=O)=CC=C1C(=O)c2ccccc2C1=O. The number of rotatable bonds is 3. The molecule has 0 unspecified atom stereocenters. The highest BCUT2D eigenvalue weighted by atomic mass is 16.3. The molecule has 4 rings (SSSR count). The first-order valence-corrected chi connectivity index (χ1v) is 8.81. The number of hydrogen-bond donors (Lipinski definition) is 1. The first-order valence-electron chi connectivity index (χ1n) is 8.81. The molecular weight excluding hydrogens is 352 g/mol. The lowest BCUT2D eigenvalue weighted by Gasteiger charge is -1.95. The van der Waals surface area contributed by atoms with E-state index in [1.54, 1.807) is 73.7 Å². The van der Waals surface area contributed by atoms with Gasteiger partial charge in [0.05, 0.1) is 11.1 Å². The third kappa shape index (κ3) is 2.76. The highest BCUT2D eigenvalue weighted by Gasteiger charge is 2.32. The van der Waals surface area contributed by atoms with Gasteiger partial charge in [0.1, 0.15) is 5.76 Å². The Labute approximate surface area is 161 Å². The maximum Gasteiger partial charge on any atom is 0.197 e. The van der Waals surface area contributed by atoms with Gasteiger partial charge in [0, 0.05) is 22.3 Å². The van der Waals surface area contributed by atoms with E-state index in [4.69, 9.17) is 0 Å². The van der Waals surface area contributed by atoms with Crippen molar-refractivity contribution in [2.45, 2.75) is 6.92 Å². The molecule has 0 saturated heterocycles. The average Bonchev–Trinajstić information content (AvgIpc) is 3.10. The summed E-state index contributed by atoms with van der Waals surface area (Å²) in [5, 5.41) is 10.3. The van der Waals surface area contributed by atoms with E-state index < -0.39 is 0 Å². The molecular formula is C24H16O4. The summed E-state index contributed by atoms with van der Waals surface area (Å²) in [6, 6.07) is 13.6. The topological polar surface area (TPSA) is 71.4 Å². The standard InChI is InChI=1S/C24H16O4/c1-14(10-12-19-21(25)15-6-2-3-7-16(15)22(19)26)11-13-20-23(27)17-8-4-5-9-18(17)24(20)28/h2-13,25H,1H3. The highest BCUT2D eigenvalue weighted by Crippen LogP contribution is 2.31. The van der Waals surface area contributed by atoms with Crippen molar-refractivity contribution in [1.82, 2.24) is 0 Å². The Bertz CT molecular complexity index is 1140. The second kappa shape index (κ2) is 6.74. The predicted molar refractivity (Wildman–Crippen MR) is 106 cm³/mol. The fourth-order valence-corrected chi connectivity index (χ4v) is 3.35. The van der Waals surface area contributed by atoms with Crippen LogP contribution in [0, 0.1) is 0 Å². The minimum Gasteiger partial charge on any atom is -0.507 e. The molecule has 136 valence electrons. The molecule has 0 aromatic heterocycles. The van der Waals surface area contributed by atoms with E-state index in [9.17, 15) is 19.5 Å². The number of carbonyl (C=O) groups is 3. The normalized spacial score (nSPS) is 16.2. The van der Waals surface area contributed by atoms with Crippen molar-refractivity contribution in [1.29, 1.82) is 0 Å². The van der Waals surface area contributed by atoms with Crippen LogP contribution < -0.4 is 0 Å². The number of ketones is 3. The molecule has 0 saturated carbocycles. The van der Waals surface area contributed by atoms with Gasteiger partial charge in [0.2, 0.25) is 0 Å². The Balaban J connectivity index is 1.58. The Kier molecular flexibility index (Phi) is 4.24. The lowest BCUT2D eigenvalue weighted by Crippen LogP contribution is -1.99. The highest BCUT2D eigenvalue weighted by molar-refractivity contribution is 6.39. The molecule has 0 bridgehead atoms. The molecule has 2 aromatic rings. The maximum atomic E-state index is 12.4. The lowest BCUT2D eigenvalue weighted by atomic mass is 10.1. The Morgan fingerprint density at radius 3 is 1.82 bits per heavy atom. The number of allylic oxidation sites excluding steroid dienone is 7. The zero-order valence-electron chi connectivity index (χ0n) is 15.1. The Morgan fingerprint density at radius 2 is 1.29 bits per heavy atom. The van der Waals surface area contributed by atoms with Crippen molar-refractivity contribution < 1.29 is 19.5 Å². The smallest absolute Gasteiger partial charge is 0.197 e. The monoisotopic (exact) mass is 368 g/mol. The van der Waals surface area contributed by atoms with E-state index in [1.807, 2.05) is 0 Å². The first kappa shape index (κ1) is 17.6. The van der Waals surface area contributed by atoms with Crippen LogP contribution in [0.4, 0.5) is 0 Å². The van der Waals surface area contributed by atoms with E-state index in [2.05, 4.69) is 0 Å². The molecule has 0 radical (unpaired) electrons. The summed E-state index contributed by atoms with van der Waals surface area (Å²) in [7, 11) is 0. The number of Topliss-reactive ketones (excluding diaryl/α,β-unsaturated/α-hetero) is 3. The second-order valence-corrected chi connectivity index (χ2v) is 6.67. The number of hydrogen-bond acceptors (Lipinski definition) is 4. The van der Waals surface area contributed by atoms with Crippen LogP contribution in [0.2, 0.25) is 0 Å². The van der Waals surface area contributed by atoms with Crippen LogP contribution in [0.3, 0.4) is 0 Å². The summed E-state index contributed by atoms with van der Waals surface area (Å²) in [6.07, 6.45) is 6.37. The average molecular weight is 368 g/mol. The molecule has 0 heterocycles. The number of benzene rings is 2. The summed E-state index contributed by atoms with van der Waals surface area (Å²) < 4.78 is 0. The van der Waals surface area contributed by atoms with Crippen LogP contribution in [0.1, 0.15) is 43.6 Å². The third-order valence-corrected chi connectivity index (χ3v) is 4.86. The van der Waals surface area contributed by atoms with Crippen LogP contribution in [0.15, 0.2) is 89.6 Å². The van der Waals surface area contributed by atoms with E-state index in [1.165, 1.54) is 6.08 Å². The Morgan fingerprint density at radius 1 is 0.786 bits per heavy atom. The summed E-state index contributed by atoms with van der Waals surface area (Å²) in [5.74, 6) is -0.836. The molecule has 28 heavy (non-hydrogen) atoms. The van der Waals surface area contributed by atoms with E-state index >= 15 is 0 Å². The van der Waals surface area contributed by atoms with Gasteiger partial charge >= 0.3 is 0 Å². The molecule has 0 aliphatic heterocycles. The Hall–Kier alpha value is -3.79. The fraction of sp³-hybridized carbons (Fsp3) is 0.0417. The summed E-state index contributed by atoms with van der Waals surface area (Å²) >= 11 is 0. The summed E-state index contributed by atoms with van der Waals surface area (Å²) in [4.78, 5) is 37.2. The van der Waals surface area contributed by atoms with Crippen molar-refractivity contribution in [3.05, 3.63) is 112 Å². The van der Waals surface area contributed by atoms with Gasteiger partial charge in [-0.2, -0.15) is 0 Å². The zero-order valence-corrected chi connectivity index (χ0v) is 15.1. The quantitative estimate of drug-likeness (QED) is 0.486. The number of aliphatic hydroxyl groups excluding tert-OH is 1. The minimum atomic E-state index is -0.282. The zero-order chi connectivity index (χ0) is 19.8. The van der Waals surface area contributed by atoms with Gasteiger partial charge < -0.3 is 5.11 Å². The molecule has 0 spiro atoms. The minimum absolute atomic E-state index is 0.0420. The van der Waals surface area contributed by atoms with E-state index in [-0.39, 0.29) is 34.3 Å². The van der Waals surface area contributed by atoms with Gasteiger partial charge in [-0.25, -0.2) is 0 Å². The number of aliphatic hydroxyl groups is 1. The van der Waals surface area contributed by atoms with Crippen molar-refractivity contribution in [2.24, 2.45) is 0 Å². The molecule has 2 aromatic carbocycles. The van der Waals surface area contributed by atoms with Crippen molar-refractivity contribution in [3.63, 3.8) is 0 Å². The summed E-state index contributed by atoms with van der Waals surface area (Å²) in [6.45, 7) is 1.79. The van der Waals surface area contributed by atoms with Gasteiger partial charge in [0.15, 0.2) is 17.3 Å². The van der Waals surface area contributed by atoms with E-state index in [0.717, 1.165) is 5.57 Å². The van der Waals surface area contributed by atoms with Crippen LogP contribution >= 0.6 is 0 Å². The van der Waals surface area contributed by atoms with Crippen LogP contribution in [0.5, 0.6) is 0 Å². The van der Waals surface area contributed by atoms with Gasteiger partial charge in [-0.15, -0.1) is 0 Å². The molecule has 0 fully saturated rings. The van der Waals surface area contributed by atoms with Gasteiger partial charge in [-0.05, 0) is 19.1 Å². The fourth-order valence-electron chi connectivity index (χ4n) is 3.35. The summed E-state index contributed by atoms with van der Waals surface area (Å²) in [5.41, 5.74) is 2.92. The van der Waals surface area contributed by atoms with Gasteiger partial charge in [0.25, 0.3) is 0 Å². The van der Waals surface area contributed by atoms with Crippen LogP contribution in [-0.2, 0) is 0 Å². The molecule has 0 amide bonds. The molecule has 0 atom stereocenters. The van der Waals surface area contributed by atoms with Crippen LogP contribution in [0.25, 0.3) is 5.76 Å². The van der Waals surface area contributed by atoms with Crippen molar-refractivity contribution >= 4 is 23.1 Å². The van der Waals surface area contributed by atoms with Gasteiger partial charge in [-0.1, -0.05) is 66.3 Å². The molecule has 4 nitrogen and oxygen atoms in total. The second-order valence-electron chi connectivity index (χ2n) is 6.67. The number of carbonyl (C=O) groups excluding carboxylic acids is 3. The largest absolute Gasteiger partial charge is 0.507 e.